The largest absolute Gasteiger partial charge is 0.376 e. The van der Waals surface area contributed by atoms with Gasteiger partial charge in [-0.1, -0.05) is 11.2 Å². The Kier molecular flexibility index (Phi) is 4.04. The molecule has 1 aromatic heterocycles. The summed E-state index contributed by atoms with van der Waals surface area (Å²) >= 11 is 0. The Morgan fingerprint density at radius 1 is 1.38 bits per heavy atom. The third-order valence-electron chi connectivity index (χ3n) is 4.11. The molecular formula is C15H17N3O5S. The van der Waals surface area contributed by atoms with Crippen LogP contribution in [0.3, 0.4) is 0 Å². The Morgan fingerprint density at radius 2 is 2.12 bits per heavy atom. The molecule has 24 heavy (non-hydrogen) atoms. The Balaban J connectivity index is 1.95. The third kappa shape index (κ3) is 3.12. The fourth-order valence-electron chi connectivity index (χ4n) is 2.98. The number of anilines is 1. The smallest absolute Gasteiger partial charge is 0.292 e. The van der Waals surface area contributed by atoms with E-state index in [1.807, 2.05) is 0 Å². The van der Waals surface area contributed by atoms with Gasteiger partial charge >= 0.3 is 0 Å². The molecule has 8 nitrogen and oxygen atoms in total. The van der Waals surface area contributed by atoms with E-state index < -0.39 is 14.8 Å². The first-order chi connectivity index (χ1) is 11.3. The van der Waals surface area contributed by atoms with E-state index in [1.165, 1.54) is 6.07 Å². The Labute approximate surface area is 138 Å². The Morgan fingerprint density at radius 3 is 2.67 bits per heavy atom. The second kappa shape index (κ2) is 5.90. The van der Waals surface area contributed by atoms with Crippen molar-refractivity contribution in [3.05, 3.63) is 39.8 Å². The molecule has 0 bridgehead atoms. The van der Waals surface area contributed by atoms with Crippen LogP contribution in [0.4, 0.5) is 11.4 Å². The van der Waals surface area contributed by atoms with Gasteiger partial charge in [0, 0.05) is 17.7 Å². The summed E-state index contributed by atoms with van der Waals surface area (Å²) in [7, 11) is -3.06. The fraction of sp³-hybridized carbons (Fsp3) is 0.400. The summed E-state index contributed by atoms with van der Waals surface area (Å²) in [6.45, 7) is 3.52. The van der Waals surface area contributed by atoms with Crippen LogP contribution in [0.15, 0.2) is 22.7 Å². The van der Waals surface area contributed by atoms with Gasteiger partial charge in [0.1, 0.15) is 11.4 Å². The SMILES string of the molecule is Cc1noc(C)c1-c1ccc(N[C@@H]2CCS(=O)(=O)C2)c([N+](=O)[O-])c1. The first kappa shape index (κ1) is 16.4. The van der Waals surface area contributed by atoms with Gasteiger partial charge in [-0.3, -0.25) is 10.1 Å². The minimum atomic E-state index is -3.06. The zero-order chi connectivity index (χ0) is 17.5. The lowest BCUT2D eigenvalue weighted by molar-refractivity contribution is -0.383. The molecule has 0 amide bonds. The molecule has 0 unspecified atom stereocenters. The van der Waals surface area contributed by atoms with Crippen LogP contribution in [0.25, 0.3) is 11.1 Å². The van der Waals surface area contributed by atoms with Crippen LogP contribution in [0.1, 0.15) is 17.9 Å². The number of aromatic nitrogens is 1. The predicted octanol–water partition coefficient (Wildman–Crippen LogP) is 2.47. The number of sulfone groups is 1. The van der Waals surface area contributed by atoms with E-state index in [0.717, 1.165) is 5.56 Å². The van der Waals surface area contributed by atoms with E-state index in [0.29, 0.717) is 29.1 Å². The molecule has 0 spiro atoms. The monoisotopic (exact) mass is 351 g/mol. The second-order valence-electron chi connectivity index (χ2n) is 5.93. The third-order valence-corrected chi connectivity index (χ3v) is 5.88. The highest BCUT2D eigenvalue weighted by Crippen LogP contribution is 2.34. The minimum Gasteiger partial charge on any atom is -0.376 e. The van der Waals surface area contributed by atoms with Crippen molar-refractivity contribution in [1.82, 2.24) is 5.16 Å². The maximum atomic E-state index is 11.5. The predicted molar refractivity (Wildman–Crippen MR) is 88.7 cm³/mol. The summed E-state index contributed by atoms with van der Waals surface area (Å²) in [5.41, 5.74) is 2.24. The summed E-state index contributed by atoms with van der Waals surface area (Å²) in [4.78, 5) is 10.9. The van der Waals surface area contributed by atoms with Gasteiger partial charge in [0.25, 0.3) is 5.69 Å². The first-order valence-corrected chi connectivity index (χ1v) is 9.27. The van der Waals surface area contributed by atoms with Gasteiger partial charge in [-0.15, -0.1) is 0 Å². The molecule has 1 aliphatic rings. The molecule has 9 heteroatoms. The molecule has 3 rings (SSSR count). The van der Waals surface area contributed by atoms with E-state index in [4.69, 9.17) is 4.52 Å². The van der Waals surface area contributed by atoms with Crippen molar-refractivity contribution in [2.45, 2.75) is 26.3 Å². The van der Waals surface area contributed by atoms with Gasteiger partial charge in [0.2, 0.25) is 0 Å². The number of hydrogen-bond acceptors (Lipinski definition) is 7. The highest BCUT2D eigenvalue weighted by atomic mass is 32.2. The van der Waals surface area contributed by atoms with Gasteiger partial charge in [0.15, 0.2) is 9.84 Å². The van der Waals surface area contributed by atoms with Gasteiger partial charge < -0.3 is 9.84 Å². The molecule has 1 fully saturated rings. The quantitative estimate of drug-likeness (QED) is 0.664. The lowest BCUT2D eigenvalue weighted by Crippen LogP contribution is -2.21. The maximum absolute atomic E-state index is 11.5. The van der Waals surface area contributed by atoms with Crippen molar-refractivity contribution in [2.75, 3.05) is 16.8 Å². The molecule has 0 radical (unpaired) electrons. The van der Waals surface area contributed by atoms with Crippen molar-refractivity contribution in [3.8, 4) is 11.1 Å². The fourth-order valence-corrected chi connectivity index (χ4v) is 4.66. The summed E-state index contributed by atoms with van der Waals surface area (Å²) in [6.07, 6.45) is 0.450. The lowest BCUT2D eigenvalue weighted by Gasteiger charge is -2.13. The van der Waals surface area contributed by atoms with Gasteiger partial charge in [0.05, 0.1) is 22.1 Å². The number of nitro groups is 1. The Bertz CT molecular complexity index is 884. The normalized spacial score (nSPS) is 19.3. The number of hydrogen-bond donors (Lipinski definition) is 1. The van der Waals surface area contributed by atoms with Crippen LogP contribution in [0, 0.1) is 24.0 Å². The molecule has 2 aromatic rings. The number of aryl methyl sites for hydroxylation is 2. The summed E-state index contributed by atoms with van der Waals surface area (Å²) in [6, 6.07) is 4.49. The maximum Gasteiger partial charge on any atom is 0.292 e. The van der Waals surface area contributed by atoms with Gasteiger partial charge in [-0.2, -0.15) is 0 Å². The van der Waals surface area contributed by atoms with Crippen LogP contribution in [-0.2, 0) is 9.84 Å². The van der Waals surface area contributed by atoms with Gasteiger partial charge in [-0.25, -0.2) is 8.42 Å². The topological polar surface area (TPSA) is 115 Å². The number of benzene rings is 1. The van der Waals surface area contributed by atoms with Crippen molar-refractivity contribution >= 4 is 21.2 Å². The average Bonchev–Trinajstić information content (AvgIpc) is 3.01. The number of rotatable bonds is 4. The van der Waals surface area contributed by atoms with E-state index in [-0.39, 0.29) is 23.2 Å². The van der Waals surface area contributed by atoms with Crippen LogP contribution in [0.5, 0.6) is 0 Å². The van der Waals surface area contributed by atoms with Crippen LogP contribution in [-0.4, -0.2) is 36.0 Å². The van der Waals surface area contributed by atoms with Crippen LogP contribution >= 0.6 is 0 Å². The standard InChI is InChI=1S/C15H17N3O5S/c1-9-15(10(2)23-17-9)11-3-4-13(14(7-11)18(19)20)16-12-5-6-24(21,22)8-12/h3-4,7,12,16H,5-6,8H2,1-2H3/t12-/m1/s1. The van der Waals surface area contributed by atoms with Crippen molar-refractivity contribution in [3.63, 3.8) is 0 Å². The highest BCUT2D eigenvalue weighted by Gasteiger charge is 2.29. The number of nitrogens with one attached hydrogen (secondary N) is 1. The number of nitrogens with zero attached hydrogens (tertiary/aromatic N) is 2. The van der Waals surface area contributed by atoms with Crippen molar-refractivity contribution in [1.29, 1.82) is 0 Å². The zero-order valence-corrected chi connectivity index (χ0v) is 14.1. The first-order valence-electron chi connectivity index (χ1n) is 7.45. The van der Waals surface area contributed by atoms with Gasteiger partial charge in [-0.05, 0) is 31.9 Å². The highest BCUT2D eigenvalue weighted by molar-refractivity contribution is 7.91. The molecule has 128 valence electrons. The molecule has 0 saturated carbocycles. The molecule has 1 aromatic carbocycles. The van der Waals surface area contributed by atoms with E-state index in [1.54, 1.807) is 26.0 Å². The molecular weight excluding hydrogens is 334 g/mol. The summed E-state index contributed by atoms with van der Waals surface area (Å²) < 4.78 is 28.2. The molecule has 1 atom stereocenters. The second-order valence-corrected chi connectivity index (χ2v) is 8.16. The molecule has 1 aliphatic heterocycles. The number of nitro benzene ring substituents is 1. The van der Waals surface area contributed by atoms with Crippen LogP contribution < -0.4 is 5.32 Å². The van der Waals surface area contributed by atoms with E-state index in [9.17, 15) is 18.5 Å². The van der Waals surface area contributed by atoms with E-state index >= 15 is 0 Å². The molecule has 2 heterocycles. The summed E-state index contributed by atoms with van der Waals surface area (Å²) in [5, 5.41) is 18.3. The van der Waals surface area contributed by atoms with Crippen molar-refractivity contribution in [2.24, 2.45) is 0 Å². The Hall–Kier alpha value is -2.42. The van der Waals surface area contributed by atoms with E-state index in [2.05, 4.69) is 10.5 Å². The minimum absolute atomic E-state index is 0.00419. The van der Waals surface area contributed by atoms with Crippen molar-refractivity contribution < 1.29 is 17.9 Å². The average molecular weight is 351 g/mol. The molecule has 1 N–H and O–H groups in total. The molecule has 0 aliphatic carbocycles. The van der Waals surface area contributed by atoms with Crippen LogP contribution in [0.2, 0.25) is 0 Å². The summed E-state index contributed by atoms with van der Waals surface area (Å²) in [5.74, 6) is 0.690. The lowest BCUT2D eigenvalue weighted by atomic mass is 10.0. The molecule has 1 saturated heterocycles. The zero-order valence-electron chi connectivity index (χ0n) is 13.3.